The van der Waals surface area contributed by atoms with Gasteiger partial charge in [0.15, 0.2) is 5.01 Å². The highest BCUT2D eigenvalue weighted by molar-refractivity contribution is 7.18. The summed E-state index contributed by atoms with van der Waals surface area (Å²) in [5.74, 6) is -0.283. The second-order valence-electron chi connectivity index (χ2n) is 5.83. The summed E-state index contributed by atoms with van der Waals surface area (Å²) in [6.45, 7) is 1.97. The van der Waals surface area contributed by atoms with Gasteiger partial charge in [0.1, 0.15) is 5.69 Å². The molecule has 7 nitrogen and oxygen atoms in total. The number of amides is 1. The number of pyridine rings is 1. The van der Waals surface area contributed by atoms with E-state index in [1.54, 1.807) is 29.2 Å². The minimum absolute atomic E-state index is 0.283. The first-order valence-corrected chi connectivity index (χ1v) is 9.74. The van der Waals surface area contributed by atoms with Gasteiger partial charge in [-0.2, -0.15) is 5.10 Å². The summed E-state index contributed by atoms with van der Waals surface area (Å²) in [4.78, 5) is 17.0. The molecule has 1 aromatic carbocycles. The summed E-state index contributed by atoms with van der Waals surface area (Å²) in [7, 11) is 0. The summed E-state index contributed by atoms with van der Waals surface area (Å²) >= 11 is 7.35. The van der Waals surface area contributed by atoms with Crippen molar-refractivity contribution in [2.75, 3.05) is 5.32 Å². The van der Waals surface area contributed by atoms with Crippen LogP contribution in [0.2, 0.25) is 5.02 Å². The first-order valence-electron chi connectivity index (χ1n) is 8.55. The molecule has 0 bridgehead atoms. The summed E-state index contributed by atoms with van der Waals surface area (Å²) in [6, 6.07) is 12.9. The fourth-order valence-corrected chi connectivity index (χ4v) is 3.67. The highest BCUT2D eigenvalue weighted by Crippen LogP contribution is 2.25. The third kappa shape index (κ3) is 3.64. The maximum atomic E-state index is 12.8. The molecule has 0 aliphatic carbocycles. The number of hydrogen-bond donors (Lipinski definition) is 1. The van der Waals surface area contributed by atoms with Crippen LogP contribution in [-0.4, -0.2) is 30.9 Å². The Hall–Kier alpha value is -3.10. The van der Waals surface area contributed by atoms with Gasteiger partial charge in [0.05, 0.1) is 23.1 Å². The van der Waals surface area contributed by atoms with E-state index in [1.165, 1.54) is 11.3 Å². The Kier molecular flexibility index (Phi) is 5.14. The summed E-state index contributed by atoms with van der Waals surface area (Å²) in [5, 5.41) is 17.0. The normalized spacial score (nSPS) is 10.8. The number of carbonyl (C=O) groups is 1. The maximum Gasteiger partial charge on any atom is 0.260 e. The van der Waals surface area contributed by atoms with Crippen molar-refractivity contribution in [3.8, 4) is 16.4 Å². The molecule has 9 heteroatoms. The van der Waals surface area contributed by atoms with Gasteiger partial charge in [-0.05, 0) is 36.8 Å². The predicted octanol–water partition coefficient (Wildman–Crippen LogP) is 4.25. The van der Waals surface area contributed by atoms with Crippen LogP contribution >= 0.6 is 22.9 Å². The molecule has 0 saturated heterocycles. The van der Waals surface area contributed by atoms with E-state index in [4.69, 9.17) is 11.6 Å². The monoisotopic (exact) mass is 410 g/mol. The molecule has 0 unspecified atom stereocenters. The zero-order chi connectivity index (χ0) is 19.5. The lowest BCUT2D eigenvalue weighted by Gasteiger charge is -2.08. The van der Waals surface area contributed by atoms with Gasteiger partial charge < -0.3 is 0 Å². The lowest BCUT2D eigenvalue weighted by molar-refractivity contribution is 0.102. The van der Waals surface area contributed by atoms with Crippen LogP contribution in [-0.2, 0) is 6.42 Å². The van der Waals surface area contributed by atoms with Crippen LogP contribution in [0.1, 0.15) is 23.0 Å². The molecule has 0 radical (unpaired) electrons. The Labute approximate surface area is 170 Å². The molecule has 3 heterocycles. The van der Waals surface area contributed by atoms with Crippen molar-refractivity contribution in [1.82, 2.24) is 25.0 Å². The molecule has 0 aliphatic rings. The van der Waals surface area contributed by atoms with Gasteiger partial charge in [0.2, 0.25) is 5.13 Å². The molecule has 28 heavy (non-hydrogen) atoms. The Morgan fingerprint density at radius 3 is 2.86 bits per heavy atom. The Morgan fingerprint density at radius 2 is 2.11 bits per heavy atom. The number of anilines is 1. The average Bonchev–Trinajstić information content (AvgIpc) is 3.35. The second kappa shape index (κ2) is 7.87. The lowest BCUT2D eigenvalue weighted by Crippen LogP contribution is -2.14. The summed E-state index contributed by atoms with van der Waals surface area (Å²) in [6.07, 6.45) is 3.87. The van der Waals surface area contributed by atoms with Gasteiger partial charge in [0, 0.05) is 11.2 Å². The van der Waals surface area contributed by atoms with Crippen LogP contribution in [0.15, 0.2) is 54.9 Å². The first-order chi connectivity index (χ1) is 13.7. The van der Waals surface area contributed by atoms with Gasteiger partial charge in [-0.15, -0.1) is 10.2 Å². The molecule has 1 amide bonds. The number of benzene rings is 1. The van der Waals surface area contributed by atoms with Crippen molar-refractivity contribution in [2.24, 2.45) is 0 Å². The van der Waals surface area contributed by atoms with Crippen LogP contribution in [0.5, 0.6) is 0 Å². The van der Waals surface area contributed by atoms with E-state index in [0.717, 1.165) is 11.4 Å². The Morgan fingerprint density at radius 1 is 1.21 bits per heavy atom. The third-order valence-corrected chi connectivity index (χ3v) is 5.13. The highest BCUT2D eigenvalue weighted by atomic mass is 35.5. The van der Waals surface area contributed by atoms with Crippen LogP contribution < -0.4 is 5.32 Å². The quantitative estimate of drug-likeness (QED) is 0.531. The van der Waals surface area contributed by atoms with Crippen LogP contribution in [0, 0.1) is 0 Å². The minimum atomic E-state index is -0.283. The van der Waals surface area contributed by atoms with Crippen molar-refractivity contribution in [3.05, 3.63) is 71.1 Å². The molecule has 0 atom stereocenters. The lowest BCUT2D eigenvalue weighted by atomic mass is 10.2. The molecule has 4 aromatic rings. The zero-order valence-electron chi connectivity index (χ0n) is 14.8. The first kappa shape index (κ1) is 18.3. The molecular formula is C19H15ClN6OS. The van der Waals surface area contributed by atoms with Crippen molar-refractivity contribution < 1.29 is 4.79 Å². The largest absolute Gasteiger partial charge is 0.296 e. The van der Waals surface area contributed by atoms with Crippen molar-refractivity contribution in [3.63, 3.8) is 0 Å². The number of carbonyl (C=O) groups excluding carboxylic acids is 1. The van der Waals surface area contributed by atoms with E-state index in [0.29, 0.717) is 32.8 Å². The standard InChI is InChI=1S/C19H15ClN6OS/c1-2-16-14(11-22-26(16)13-7-5-6-12(20)10-13)17(27)23-19-25-24-18(28-19)15-8-3-4-9-21-15/h3-11H,2H2,1H3,(H,23,25,27). The number of halogens is 1. The summed E-state index contributed by atoms with van der Waals surface area (Å²) < 4.78 is 1.72. The summed E-state index contributed by atoms with van der Waals surface area (Å²) in [5.41, 5.74) is 2.78. The SMILES string of the molecule is CCc1c(C(=O)Nc2nnc(-c3ccccn3)s2)cnn1-c1cccc(Cl)c1. The van der Waals surface area contributed by atoms with E-state index in [1.807, 2.05) is 37.3 Å². The van der Waals surface area contributed by atoms with Gasteiger partial charge in [-0.25, -0.2) is 4.68 Å². The molecule has 0 spiro atoms. The van der Waals surface area contributed by atoms with Gasteiger partial charge in [-0.3, -0.25) is 15.1 Å². The molecule has 0 aliphatic heterocycles. The fraction of sp³-hybridized carbons (Fsp3) is 0.105. The average molecular weight is 411 g/mol. The number of hydrogen-bond acceptors (Lipinski definition) is 6. The van der Waals surface area contributed by atoms with Crippen LogP contribution in [0.3, 0.4) is 0 Å². The van der Waals surface area contributed by atoms with Crippen molar-refractivity contribution in [1.29, 1.82) is 0 Å². The maximum absolute atomic E-state index is 12.8. The van der Waals surface area contributed by atoms with E-state index >= 15 is 0 Å². The van der Waals surface area contributed by atoms with Crippen LogP contribution in [0.25, 0.3) is 16.4 Å². The zero-order valence-corrected chi connectivity index (χ0v) is 16.4. The predicted molar refractivity (Wildman–Crippen MR) is 109 cm³/mol. The Bertz CT molecular complexity index is 1120. The molecule has 140 valence electrons. The highest BCUT2D eigenvalue weighted by Gasteiger charge is 2.19. The number of rotatable bonds is 5. The Balaban J connectivity index is 1.58. The van der Waals surface area contributed by atoms with Gasteiger partial charge in [-0.1, -0.05) is 42.0 Å². The van der Waals surface area contributed by atoms with E-state index in [9.17, 15) is 4.79 Å². The van der Waals surface area contributed by atoms with E-state index < -0.39 is 0 Å². The van der Waals surface area contributed by atoms with Gasteiger partial charge >= 0.3 is 0 Å². The van der Waals surface area contributed by atoms with E-state index in [-0.39, 0.29) is 5.91 Å². The van der Waals surface area contributed by atoms with Gasteiger partial charge in [0.25, 0.3) is 5.91 Å². The van der Waals surface area contributed by atoms with Crippen molar-refractivity contribution >= 4 is 34.0 Å². The molecule has 0 saturated carbocycles. The number of nitrogens with zero attached hydrogens (tertiary/aromatic N) is 5. The second-order valence-corrected chi connectivity index (χ2v) is 7.25. The fourth-order valence-electron chi connectivity index (χ4n) is 2.77. The molecular weight excluding hydrogens is 396 g/mol. The smallest absolute Gasteiger partial charge is 0.260 e. The molecule has 4 rings (SSSR count). The number of aromatic nitrogens is 5. The molecule has 0 fully saturated rings. The topological polar surface area (TPSA) is 85.6 Å². The molecule has 3 aromatic heterocycles. The number of nitrogens with one attached hydrogen (secondary N) is 1. The minimum Gasteiger partial charge on any atom is -0.296 e. The third-order valence-electron chi connectivity index (χ3n) is 4.03. The van der Waals surface area contributed by atoms with E-state index in [2.05, 4.69) is 25.6 Å². The van der Waals surface area contributed by atoms with Crippen molar-refractivity contribution in [2.45, 2.75) is 13.3 Å². The van der Waals surface area contributed by atoms with Crippen LogP contribution in [0.4, 0.5) is 5.13 Å². The molecule has 1 N–H and O–H groups in total.